The van der Waals surface area contributed by atoms with Crippen molar-refractivity contribution in [3.63, 3.8) is 0 Å². The number of carbonyl (C=O) groups is 2. The van der Waals surface area contributed by atoms with E-state index in [9.17, 15) is 9.59 Å². The summed E-state index contributed by atoms with van der Waals surface area (Å²) >= 11 is 11.8. The lowest BCUT2D eigenvalue weighted by Crippen LogP contribution is -2.30. The smallest absolute Gasteiger partial charge is 0.342 e. The molecule has 0 saturated carbocycles. The van der Waals surface area contributed by atoms with Gasteiger partial charge in [-0.25, -0.2) is 9.78 Å². The van der Waals surface area contributed by atoms with Gasteiger partial charge in [-0.1, -0.05) is 40.5 Å². The molecule has 3 aromatic rings. The molecule has 0 spiro atoms. The van der Waals surface area contributed by atoms with Gasteiger partial charge in [0.05, 0.1) is 21.3 Å². The second-order valence-electron chi connectivity index (χ2n) is 6.61. The van der Waals surface area contributed by atoms with Crippen LogP contribution in [0.1, 0.15) is 34.3 Å². The van der Waals surface area contributed by atoms with Crippen LogP contribution < -0.4 is 10.1 Å². The molecule has 1 N–H and O–H groups in total. The van der Waals surface area contributed by atoms with Gasteiger partial charge in [0.2, 0.25) is 0 Å². The number of hydrogen-bond acceptors (Lipinski definition) is 7. The number of esters is 1. The molecule has 8 nitrogen and oxygen atoms in total. The van der Waals surface area contributed by atoms with Crippen molar-refractivity contribution in [2.24, 2.45) is 0 Å². The van der Waals surface area contributed by atoms with Crippen molar-refractivity contribution >= 4 is 40.9 Å². The van der Waals surface area contributed by atoms with Crippen LogP contribution in [0.2, 0.25) is 10.0 Å². The van der Waals surface area contributed by atoms with Crippen molar-refractivity contribution in [3.8, 4) is 5.75 Å². The van der Waals surface area contributed by atoms with E-state index in [1.807, 2.05) is 0 Å². The van der Waals surface area contributed by atoms with E-state index in [2.05, 4.69) is 15.5 Å². The topological polar surface area (TPSA) is 104 Å². The third kappa shape index (κ3) is 5.53. The van der Waals surface area contributed by atoms with Crippen LogP contribution in [0.25, 0.3) is 0 Å². The normalized spacial score (nSPS) is 11.6. The van der Waals surface area contributed by atoms with Crippen molar-refractivity contribution in [1.29, 1.82) is 0 Å². The molecule has 0 fully saturated rings. The Labute approximate surface area is 188 Å². The first-order chi connectivity index (χ1) is 14.8. The van der Waals surface area contributed by atoms with Crippen LogP contribution in [0.15, 0.2) is 41.1 Å². The van der Waals surface area contributed by atoms with Gasteiger partial charge < -0.3 is 19.3 Å². The number of para-hydroxylation sites is 1. The molecule has 0 saturated heterocycles. The van der Waals surface area contributed by atoms with Gasteiger partial charge in [-0.2, -0.15) is 0 Å². The van der Waals surface area contributed by atoms with Crippen molar-refractivity contribution in [2.75, 3.05) is 5.32 Å². The fraction of sp³-hybridized carbons (Fsp3) is 0.238. The number of pyridine rings is 1. The van der Waals surface area contributed by atoms with E-state index in [4.69, 9.17) is 37.2 Å². The van der Waals surface area contributed by atoms with E-state index in [1.165, 1.54) is 19.2 Å². The van der Waals surface area contributed by atoms with Gasteiger partial charge in [0.15, 0.2) is 11.9 Å². The van der Waals surface area contributed by atoms with Crippen molar-refractivity contribution in [3.05, 3.63) is 69.2 Å². The zero-order chi connectivity index (χ0) is 22.5. The number of anilines is 1. The Morgan fingerprint density at radius 2 is 1.97 bits per heavy atom. The highest BCUT2D eigenvalue weighted by Gasteiger charge is 2.23. The monoisotopic (exact) mass is 463 g/mol. The van der Waals surface area contributed by atoms with Crippen LogP contribution in [-0.2, 0) is 16.1 Å². The van der Waals surface area contributed by atoms with E-state index in [-0.39, 0.29) is 23.0 Å². The van der Waals surface area contributed by atoms with Gasteiger partial charge in [0, 0.05) is 6.20 Å². The minimum Gasteiger partial charge on any atom is -0.488 e. The number of rotatable bonds is 7. The van der Waals surface area contributed by atoms with E-state index >= 15 is 0 Å². The maximum atomic E-state index is 12.7. The van der Waals surface area contributed by atoms with Crippen molar-refractivity contribution in [1.82, 2.24) is 10.1 Å². The molecule has 0 aliphatic carbocycles. The largest absolute Gasteiger partial charge is 0.488 e. The van der Waals surface area contributed by atoms with Gasteiger partial charge in [-0.3, -0.25) is 4.79 Å². The number of carbonyl (C=O) groups excluding carboxylic acids is 2. The number of amides is 1. The zero-order valence-electron chi connectivity index (χ0n) is 16.9. The Kier molecular flexibility index (Phi) is 7.14. The van der Waals surface area contributed by atoms with Gasteiger partial charge >= 0.3 is 5.97 Å². The molecule has 0 radical (unpaired) electrons. The first-order valence-electron chi connectivity index (χ1n) is 9.22. The molecule has 0 aliphatic heterocycles. The highest BCUT2D eigenvalue weighted by molar-refractivity contribution is 6.36. The molecule has 1 unspecified atom stereocenters. The van der Waals surface area contributed by atoms with Crippen LogP contribution in [0, 0.1) is 13.8 Å². The number of hydrogen-bond donors (Lipinski definition) is 1. The molecular weight excluding hydrogens is 445 g/mol. The summed E-state index contributed by atoms with van der Waals surface area (Å²) in [5.74, 6) is -0.256. The minimum atomic E-state index is -1.11. The molecule has 31 heavy (non-hydrogen) atoms. The second kappa shape index (κ2) is 9.80. The molecule has 1 amide bonds. The summed E-state index contributed by atoms with van der Waals surface area (Å²) < 4.78 is 16.2. The summed E-state index contributed by atoms with van der Waals surface area (Å²) in [6.07, 6.45) is 0.225. The summed E-state index contributed by atoms with van der Waals surface area (Å²) in [5.41, 5.74) is 1.68. The number of ether oxygens (including phenoxy) is 2. The fourth-order valence-corrected chi connectivity index (χ4v) is 3.05. The van der Waals surface area contributed by atoms with Crippen LogP contribution in [-0.4, -0.2) is 28.1 Å². The van der Waals surface area contributed by atoms with E-state index in [1.54, 1.807) is 38.1 Å². The molecule has 2 heterocycles. The summed E-state index contributed by atoms with van der Waals surface area (Å²) in [4.78, 5) is 29.0. The van der Waals surface area contributed by atoms with E-state index < -0.39 is 18.0 Å². The number of halogens is 2. The van der Waals surface area contributed by atoms with Gasteiger partial charge in [0.25, 0.3) is 5.91 Å². The Hall–Kier alpha value is -3.10. The Morgan fingerprint density at radius 3 is 2.65 bits per heavy atom. The third-order valence-electron chi connectivity index (χ3n) is 4.36. The second-order valence-corrected chi connectivity index (χ2v) is 7.45. The van der Waals surface area contributed by atoms with E-state index in [0.717, 1.165) is 5.56 Å². The maximum Gasteiger partial charge on any atom is 0.342 e. The van der Waals surface area contributed by atoms with Crippen molar-refractivity contribution in [2.45, 2.75) is 33.5 Å². The quantitative estimate of drug-likeness (QED) is 0.503. The van der Waals surface area contributed by atoms with Gasteiger partial charge in [-0.05, 0) is 39.0 Å². The molecule has 1 aromatic carbocycles. The third-order valence-corrected chi connectivity index (χ3v) is 4.86. The lowest BCUT2D eigenvalue weighted by atomic mass is 10.2. The lowest BCUT2D eigenvalue weighted by Gasteiger charge is -2.15. The fourth-order valence-electron chi connectivity index (χ4n) is 2.62. The molecule has 10 heteroatoms. The molecule has 0 bridgehead atoms. The van der Waals surface area contributed by atoms with Gasteiger partial charge in [0.1, 0.15) is 23.7 Å². The van der Waals surface area contributed by atoms with Crippen LogP contribution in [0.3, 0.4) is 0 Å². The predicted molar refractivity (Wildman–Crippen MR) is 115 cm³/mol. The maximum absolute atomic E-state index is 12.7. The molecular formula is C21H19Cl2N3O5. The highest BCUT2D eigenvalue weighted by Crippen LogP contribution is 2.24. The summed E-state index contributed by atoms with van der Waals surface area (Å²) in [5, 5.41) is 6.87. The molecule has 162 valence electrons. The number of aromatic nitrogens is 2. The predicted octanol–water partition coefficient (Wildman–Crippen LogP) is 4.76. The standard InChI is InChI=1S/C21H19Cl2N3O5/c1-11-16(12(2)31-26-11)10-29-18-7-5-4-6-15(18)21(28)30-13(3)20(27)25-19-17(23)8-14(22)9-24-19/h4-9,13H,10H2,1-3H3,(H,24,25,27). The molecule has 2 aromatic heterocycles. The molecule has 1 atom stereocenters. The Morgan fingerprint density at radius 1 is 1.23 bits per heavy atom. The van der Waals surface area contributed by atoms with Crippen LogP contribution in [0.4, 0.5) is 5.82 Å². The van der Waals surface area contributed by atoms with Crippen LogP contribution >= 0.6 is 23.2 Å². The average molecular weight is 464 g/mol. The number of benzene rings is 1. The number of nitrogens with one attached hydrogen (secondary N) is 1. The molecule has 3 rings (SSSR count). The highest BCUT2D eigenvalue weighted by atomic mass is 35.5. The first kappa shape index (κ1) is 22.6. The summed E-state index contributed by atoms with van der Waals surface area (Å²) in [7, 11) is 0. The Bertz CT molecular complexity index is 1100. The first-order valence-corrected chi connectivity index (χ1v) is 9.98. The SMILES string of the molecule is Cc1noc(C)c1COc1ccccc1C(=O)OC(C)C(=O)Nc1ncc(Cl)cc1Cl. The minimum absolute atomic E-state index is 0.113. The number of aryl methyl sites for hydroxylation is 2. The van der Waals surface area contributed by atoms with Crippen molar-refractivity contribution < 1.29 is 23.6 Å². The Balaban J connectivity index is 1.66. The lowest BCUT2D eigenvalue weighted by molar-refractivity contribution is -0.123. The average Bonchev–Trinajstić information content (AvgIpc) is 3.06. The summed E-state index contributed by atoms with van der Waals surface area (Å²) in [6, 6.07) is 8.02. The summed E-state index contributed by atoms with van der Waals surface area (Å²) in [6.45, 7) is 5.19. The van der Waals surface area contributed by atoms with Crippen LogP contribution in [0.5, 0.6) is 5.75 Å². The van der Waals surface area contributed by atoms with E-state index in [0.29, 0.717) is 22.2 Å². The number of nitrogens with zero attached hydrogens (tertiary/aromatic N) is 2. The molecule has 0 aliphatic rings. The van der Waals surface area contributed by atoms with Gasteiger partial charge in [-0.15, -0.1) is 0 Å². The zero-order valence-corrected chi connectivity index (χ0v) is 18.5.